The number of aryl methyl sites for hydroxylation is 1. The van der Waals surface area contributed by atoms with Crippen LogP contribution in [0.15, 0.2) is 6.07 Å². The van der Waals surface area contributed by atoms with Gasteiger partial charge < -0.3 is 4.90 Å². The molecule has 1 aromatic heterocycles. The Morgan fingerprint density at radius 3 is 2.43 bits per heavy atom. The summed E-state index contributed by atoms with van der Waals surface area (Å²) < 4.78 is 1.98. The van der Waals surface area contributed by atoms with Gasteiger partial charge in [0.1, 0.15) is 0 Å². The Kier molecular flexibility index (Phi) is 4.52. The van der Waals surface area contributed by atoms with E-state index in [2.05, 4.69) is 30.8 Å². The zero-order valence-corrected chi connectivity index (χ0v) is 15.1. The van der Waals surface area contributed by atoms with Gasteiger partial charge in [0.15, 0.2) is 5.69 Å². The molecule has 2 fully saturated rings. The first-order valence-corrected chi connectivity index (χ1v) is 9.26. The van der Waals surface area contributed by atoms with Gasteiger partial charge in [-0.15, -0.1) is 0 Å². The van der Waals surface area contributed by atoms with Crippen molar-refractivity contribution in [3.8, 4) is 0 Å². The molecule has 4 nitrogen and oxygen atoms in total. The lowest BCUT2D eigenvalue weighted by atomic mass is 9.81. The molecule has 4 heteroatoms. The average molecular weight is 317 g/mol. The van der Waals surface area contributed by atoms with E-state index in [1.165, 1.54) is 38.5 Å². The van der Waals surface area contributed by atoms with Crippen LogP contribution in [0.5, 0.6) is 0 Å². The standard InChI is InChI=1S/C19H31N3O/c1-14-13-16(20-22(14)19(2,3)4)18(23)21-12-8-7-10-15-9-5-6-11-17(15)21/h13,15,17H,5-12H2,1-4H3/t15-,17+/m1/s1. The molecule has 1 aromatic rings. The fourth-order valence-electron chi connectivity index (χ4n) is 4.45. The summed E-state index contributed by atoms with van der Waals surface area (Å²) in [6.07, 6.45) is 8.77. The van der Waals surface area contributed by atoms with E-state index in [-0.39, 0.29) is 11.4 Å². The number of likely N-dealkylation sites (tertiary alicyclic amines) is 1. The molecule has 23 heavy (non-hydrogen) atoms. The fourth-order valence-corrected chi connectivity index (χ4v) is 4.45. The highest BCUT2D eigenvalue weighted by molar-refractivity contribution is 5.92. The summed E-state index contributed by atoms with van der Waals surface area (Å²) in [5.41, 5.74) is 1.61. The Bertz CT molecular complexity index is 570. The highest BCUT2D eigenvalue weighted by atomic mass is 16.2. The van der Waals surface area contributed by atoms with Gasteiger partial charge in [0.05, 0.1) is 5.54 Å². The van der Waals surface area contributed by atoms with E-state index in [1.54, 1.807) is 0 Å². The number of hydrogen-bond acceptors (Lipinski definition) is 2. The summed E-state index contributed by atoms with van der Waals surface area (Å²) in [5, 5.41) is 4.65. The third-order valence-electron chi connectivity index (χ3n) is 5.50. The van der Waals surface area contributed by atoms with Crippen molar-refractivity contribution in [1.29, 1.82) is 0 Å². The first kappa shape index (κ1) is 16.5. The Morgan fingerprint density at radius 2 is 1.78 bits per heavy atom. The van der Waals surface area contributed by atoms with Crippen LogP contribution in [-0.4, -0.2) is 33.2 Å². The van der Waals surface area contributed by atoms with Gasteiger partial charge in [-0.2, -0.15) is 5.10 Å². The summed E-state index contributed by atoms with van der Waals surface area (Å²) in [7, 11) is 0. The lowest BCUT2D eigenvalue weighted by Gasteiger charge is -2.38. The van der Waals surface area contributed by atoms with Crippen molar-refractivity contribution >= 4 is 5.91 Å². The minimum atomic E-state index is -0.0885. The molecular formula is C19H31N3O. The van der Waals surface area contributed by atoms with Gasteiger partial charge in [0.25, 0.3) is 5.91 Å². The van der Waals surface area contributed by atoms with Crippen molar-refractivity contribution in [3.05, 3.63) is 17.5 Å². The molecule has 2 heterocycles. The van der Waals surface area contributed by atoms with Gasteiger partial charge in [-0.1, -0.05) is 19.3 Å². The molecule has 2 atom stereocenters. The Hall–Kier alpha value is -1.32. The van der Waals surface area contributed by atoms with Gasteiger partial charge in [0, 0.05) is 18.3 Å². The Balaban J connectivity index is 1.86. The number of amides is 1. The molecule has 1 aliphatic carbocycles. The molecule has 0 radical (unpaired) electrons. The first-order chi connectivity index (χ1) is 10.9. The quantitative estimate of drug-likeness (QED) is 0.781. The third-order valence-corrected chi connectivity index (χ3v) is 5.50. The molecule has 0 unspecified atom stereocenters. The maximum absolute atomic E-state index is 13.1. The van der Waals surface area contributed by atoms with Crippen LogP contribution in [-0.2, 0) is 5.54 Å². The molecule has 0 aromatic carbocycles. The largest absolute Gasteiger partial charge is 0.334 e. The van der Waals surface area contributed by atoms with E-state index in [0.717, 1.165) is 18.7 Å². The van der Waals surface area contributed by atoms with Crippen LogP contribution in [0.3, 0.4) is 0 Å². The number of rotatable bonds is 1. The van der Waals surface area contributed by atoms with Crippen molar-refractivity contribution in [3.63, 3.8) is 0 Å². The summed E-state index contributed by atoms with van der Waals surface area (Å²) >= 11 is 0. The maximum Gasteiger partial charge on any atom is 0.274 e. The molecule has 1 saturated heterocycles. The van der Waals surface area contributed by atoms with Crippen molar-refractivity contribution in [2.75, 3.05) is 6.54 Å². The normalized spacial score (nSPS) is 25.8. The van der Waals surface area contributed by atoms with E-state index in [0.29, 0.717) is 17.7 Å². The third kappa shape index (κ3) is 3.31. The van der Waals surface area contributed by atoms with Gasteiger partial charge >= 0.3 is 0 Å². The van der Waals surface area contributed by atoms with E-state index >= 15 is 0 Å². The minimum Gasteiger partial charge on any atom is -0.334 e. The molecule has 128 valence electrons. The maximum atomic E-state index is 13.1. The zero-order valence-electron chi connectivity index (χ0n) is 15.1. The van der Waals surface area contributed by atoms with E-state index in [1.807, 2.05) is 17.7 Å². The molecule has 0 bridgehead atoms. The van der Waals surface area contributed by atoms with Gasteiger partial charge in [0.2, 0.25) is 0 Å². The summed E-state index contributed by atoms with van der Waals surface area (Å²) in [6.45, 7) is 9.33. The lowest BCUT2D eigenvalue weighted by Crippen LogP contribution is -2.45. The minimum absolute atomic E-state index is 0.0885. The predicted molar refractivity (Wildman–Crippen MR) is 92.6 cm³/mol. The van der Waals surface area contributed by atoms with Crippen molar-refractivity contribution < 1.29 is 4.79 Å². The molecule has 1 amide bonds. The van der Waals surface area contributed by atoms with Gasteiger partial charge in [-0.25, -0.2) is 0 Å². The van der Waals surface area contributed by atoms with E-state index in [4.69, 9.17) is 0 Å². The van der Waals surface area contributed by atoms with E-state index < -0.39 is 0 Å². The van der Waals surface area contributed by atoms with Crippen molar-refractivity contribution in [1.82, 2.24) is 14.7 Å². The van der Waals surface area contributed by atoms with Crippen LogP contribution in [0.1, 0.15) is 81.9 Å². The highest BCUT2D eigenvalue weighted by Crippen LogP contribution is 2.35. The van der Waals surface area contributed by atoms with Crippen LogP contribution < -0.4 is 0 Å². The number of hydrogen-bond donors (Lipinski definition) is 0. The van der Waals surface area contributed by atoms with Crippen LogP contribution in [0, 0.1) is 12.8 Å². The predicted octanol–water partition coefficient (Wildman–Crippen LogP) is 4.13. The SMILES string of the molecule is Cc1cc(C(=O)N2CCCC[C@H]3CCCC[C@@H]32)nn1C(C)(C)C. The van der Waals surface area contributed by atoms with Gasteiger partial charge in [-0.3, -0.25) is 9.48 Å². The molecule has 2 aliphatic rings. The number of fused-ring (bicyclic) bond motifs is 1. The molecule has 0 N–H and O–H groups in total. The lowest BCUT2D eigenvalue weighted by molar-refractivity contribution is 0.0561. The van der Waals surface area contributed by atoms with Crippen molar-refractivity contribution in [2.24, 2.45) is 5.92 Å². The van der Waals surface area contributed by atoms with Crippen LogP contribution in [0.25, 0.3) is 0 Å². The second-order valence-corrected chi connectivity index (χ2v) is 8.36. The first-order valence-electron chi connectivity index (χ1n) is 9.26. The average Bonchev–Trinajstić information content (AvgIpc) is 2.77. The smallest absolute Gasteiger partial charge is 0.274 e. The molecular weight excluding hydrogens is 286 g/mol. The second kappa shape index (κ2) is 6.29. The number of carbonyl (C=O) groups is 1. The highest BCUT2D eigenvalue weighted by Gasteiger charge is 2.35. The molecule has 1 saturated carbocycles. The molecule has 1 aliphatic heterocycles. The number of aromatic nitrogens is 2. The zero-order chi connectivity index (χ0) is 16.6. The van der Waals surface area contributed by atoms with Crippen LogP contribution >= 0.6 is 0 Å². The van der Waals surface area contributed by atoms with Crippen LogP contribution in [0.2, 0.25) is 0 Å². The topological polar surface area (TPSA) is 38.1 Å². The second-order valence-electron chi connectivity index (χ2n) is 8.36. The Labute approximate surface area is 140 Å². The monoisotopic (exact) mass is 317 g/mol. The van der Waals surface area contributed by atoms with Crippen molar-refractivity contribution in [2.45, 2.75) is 84.2 Å². The fraction of sp³-hybridized carbons (Fsp3) is 0.789. The Morgan fingerprint density at radius 1 is 1.13 bits per heavy atom. The van der Waals surface area contributed by atoms with Crippen LogP contribution in [0.4, 0.5) is 0 Å². The van der Waals surface area contributed by atoms with E-state index in [9.17, 15) is 4.79 Å². The molecule has 0 spiro atoms. The summed E-state index contributed by atoms with van der Waals surface area (Å²) in [6, 6.07) is 2.41. The summed E-state index contributed by atoms with van der Waals surface area (Å²) in [5.74, 6) is 0.857. The number of carbonyl (C=O) groups excluding carboxylic acids is 1. The molecule has 3 rings (SSSR count). The van der Waals surface area contributed by atoms with Gasteiger partial charge in [-0.05, 0) is 65.4 Å². The number of nitrogens with zero attached hydrogens (tertiary/aromatic N) is 3. The summed E-state index contributed by atoms with van der Waals surface area (Å²) in [4.78, 5) is 15.3.